The Balaban J connectivity index is 2.88. The zero-order chi connectivity index (χ0) is 15.7. The Morgan fingerprint density at radius 2 is 2.00 bits per heavy atom. The second-order valence-electron chi connectivity index (χ2n) is 3.93. The molecule has 1 aromatic carbocycles. The number of halogens is 1. The van der Waals surface area contributed by atoms with Gasteiger partial charge in [0.1, 0.15) is 0 Å². The maximum Gasteiger partial charge on any atom is 0.186 e. The largest absolute Gasteiger partial charge is 0.490 e. The van der Waals surface area contributed by atoms with Gasteiger partial charge in [-0.3, -0.25) is 5.43 Å². The summed E-state index contributed by atoms with van der Waals surface area (Å²) in [5.41, 5.74) is 3.62. The van der Waals surface area contributed by atoms with Crippen LogP contribution in [0.25, 0.3) is 0 Å². The second kappa shape index (κ2) is 9.57. The Morgan fingerprint density at radius 1 is 1.29 bits per heavy atom. The summed E-state index contributed by atoms with van der Waals surface area (Å²) in [6.45, 7) is 7.73. The molecule has 0 aromatic heterocycles. The van der Waals surface area contributed by atoms with Crippen LogP contribution >= 0.6 is 28.1 Å². The fourth-order valence-corrected chi connectivity index (χ4v) is 2.35. The van der Waals surface area contributed by atoms with Gasteiger partial charge >= 0.3 is 0 Å². The fourth-order valence-electron chi connectivity index (χ4n) is 1.58. The van der Waals surface area contributed by atoms with Crippen molar-refractivity contribution < 1.29 is 9.47 Å². The van der Waals surface area contributed by atoms with Crippen molar-refractivity contribution >= 4 is 39.5 Å². The molecular formula is C14H20BrN3O2S. The Morgan fingerprint density at radius 3 is 2.62 bits per heavy atom. The van der Waals surface area contributed by atoms with Crippen LogP contribution in [0.4, 0.5) is 0 Å². The van der Waals surface area contributed by atoms with E-state index in [-0.39, 0.29) is 0 Å². The van der Waals surface area contributed by atoms with Gasteiger partial charge < -0.3 is 14.8 Å². The quantitative estimate of drug-likeness (QED) is 0.437. The third-order valence-corrected chi connectivity index (χ3v) is 3.16. The van der Waals surface area contributed by atoms with Crippen LogP contribution in [0.3, 0.4) is 0 Å². The highest BCUT2D eigenvalue weighted by atomic mass is 79.9. The molecule has 0 atom stereocenters. The summed E-state index contributed by atoms with van der Waals surface area (Å²) in [5, 5.41) is 7.53. The van der Waals surface area contributed by atoms with Crippen LogP contribution in [0.2, 0.25) is 0 Å². The van der Waals surface area contributed by atoms with Gasteiger partial charge in [0.15, 0.2) is 16.6 Å². The number of hydrogen-bond acceptors (Lipinski definition) is 4. The predicted octanol–water partition coefficient (Wildman–Crippen LogP) is 3.06. The summed E-state index contributed by atoms with van der Waals surface area (Å²) in [6, 6.07) is 3.79. The molecular weight excluding hydrogens is 354 g/mol. The van der Waals surface area contributed by atoms with Crippen LogP contribution in [0.5, 0.6) is 11.5 Å². The van der Waals surface area contributed by atoms with Gasteiger partial charge in [-0.05, 0) is 66.6 Å². The molecule has 0 unspecified atom stereocenters. The van der Waals surface area contributed by atoms with Gasteiger partial charge in [-0.15, -0.1) is 0 Å². The standard InChI is InChI=1S/C14H20BrN3O2S/c1-4-16-14(21)18-17-9-10-7-11(15)13(20-6-3)12(8-10)19-5-2/h7-9H,4-6H2,1-3H3,(H2,16,18,21)/b17-9+. The summed E-state index contributed by atoms with van der Waals surface area (Å²) >= 11 is 8.52. The minimum absolute atomic E-state index is 0.490. The highest BCUT2D eigenvalue weighted by Gasteiger charge is 2.11. The molecule has 1 rings (SSSR count). The van der Waals surface area contributed by atoms with E-state index in [9.17, 15) is 0 Å². The van der Waals surface area contributed by atoms with E-state index in [1.807, 2.05) is 32.9 Å². The van der Waals surface area contributed by atoms with Crippen molar-refractivity contribution in [2.45, 2.75) is 20.8 Å². The third kappa shape index (κ3) is 5.89. The average Bonchev–Trinajstić information content (AvgIpc) is 2.43. The number of hydrogen-bond donors (Lipinski definition) is 2. The summed E-state index contributed by atoms with van der Waals surface area (Å²) in [4.78, 5) is 0. The molecule has 0 aliphatic carbocycles. The molecule has 21 heavy (non-hydrogen) atoms. The molecule has 116 valence electrons. The van der Waals surface area contributed by atoms with Crippen molar-refractivity contribution in [3.63, 3.8) is 0 Å². The lowest BCUT2D eigenvalue weighted by atomic mass is 10.2. The second-order valence-corrected chi connectivity index (χ2v) is 5.19. The van der Waals surface area contributed by atoms with Crippen LogP contribution in [0.15, 0.2) is 21.7 Å². The summed E-state index contributed by atoms with van der Waals surface area (Å²) in [6.07, 6.45) is 1.67. The van der Waals surface area contributed by atoms with Crippen molar-refractivity contribution in [2.24, 2.45) is 5.10 Å². The molecule has 0 spiro atoms. The van der Waals surface area contributed by atoms with Crippen molar-refractivity contribution in [3.8, 4) is 11.5 Å². The Kier molecular flexibility index (Phi) is 8.07. The highest BCUT2D eigenvalue weighted by molar-refractivity contribution is 9.10. The summed E-state index contributed by atoms with van der Waals surface area (Å²) < 4.78 is 12.0. The SMILES string of the molecule is CCNC(=S)N/N=C/c1cc(Br)c(OCC)c(OCC)c1. The molecule has 0 saturated heterocycles. The predicted molar refractivity (Wildman–Crippen MR) is 93.5 cm³/mol. The number of thiocarbonyl (C=S) groups is 1. The van der Waals surface area contributed by atoms with Gasteiger partial charge in [0.25, 0.3) is 0 Å². The van der Waals surface area contributed by atoms with E-state index < -0.39 is 0 Å². The molecule has 5 nitrogen and oxygen atoms in total. The zero-order valence-corrected chi connectivity index (χ0v) is 14.8. The number of benzene rings is 1. The van der Waals surface area contributed by atoms with Gasteiger partial charge in [-0.25, -0.2) is 0 Å². The number of rotatable bonds is 7. The maximum atomic E-state index is 5.60. The Bertz CT molecular complexity index is 509. The lowest BCUT2D eigenvalue weighted by Gasteiger charge is -2.13. The van der Waals surface area contributed by atoms with Crippen molar-refractivity contribution in [1.82, 2.24) is 10.7 Å². The van der Waals surface area contributed by atoms with Gasteiger partial charge in [-0.1, -0.05) is 0 Å². The van der Waals surface area contributed by atoms with Crippen molar-refractivity contribution in [2.75, 3.05) is 19.8 Å². The van der Waals surface area contributed by atoms with Crippen LogP contribution in [0, 0.1) is 0 Å². The van der Waals surface area contributed by atoms with Gasteiger partial charge in [0.05, 0.1) is 23.9 Å². The topological polar surface area (TPSA) is 54.9 Å². The van der Waals surface area contributed by atoms with E-state index in [1.165, 1.54) is 0 Å². The molecule has 0 radical (unpaired) electrons. The van der Waals surface area contributed by atoms with Crippen LogP contribution in [-0.4, -0.2) is 31.1 Å². The van der Waals surface area contributed by atoms with E-state index in [0.29, 0.717) is 29.8 Å². The first-order valence-corrected chi connectivity index (χ1v) is 7.98. The van der Waals surface area contributed by atoms with E-state index in [0.717, 1.165) is 16.6 Å². The van der Waals surface area contributed by atoms with Crippen LogP contribution < -0.4 is 20.2 Å². The number of nitrogens with zero attached hydrogens (tertiary/aromatic N) is 1. The molecule has 7 heteroatoms. The smallest absolute Gasteiger partial charge is 0.186 e. The lowest BCUT2D eigenvalue weighted by molar-refractivity contribution is 0.286. The summed E-state index contributed by atoms with van der Waals surface area (Å²) in [7, 11) is 0. The minimum Gasteiger partial charge on any atom is -0.490 e. The van der Waals surface area contributed by atoms with E-state index in [1.54, 1.807) is 6.21 Å². The third-order valence-electron chi connectivity index (χ3n) is 2.34. The van der Waals surface area contributed by atoms with Crippen LogP contribution in [-0.2, 0) is 0 Å². The molecule has 0 amide bonds. The molecule has 0 fully saturated rings. The Hall–Kier alpha value is -1.34. The molecule has 1 aromatic rings. The first-order valence-electron chi connectivity index (χ1n) is 6.78. The first-order chi connectivity index (χ1) is 10.1. The minimum atomic E-state index is 0.490. The molecule has 0 aliphatic heterocycles. The van der Waals surface area contributed by atoms with Gasteiger partial charge in [0.2, 0.25) is 0 Å². The van der Waals surface area contributed by atoms with E-state index in [4.69, 9.17) is 21.7 Å². The number of hydrazone groups is 1. The van der Waals surface area contributed by atoms with Gasteiger partial charge in [0, 0.05) is 6.54 Å². The van der Waals surface area contributed by atoms with E-state index >= 15 is 0 Å². The van der Waals surface area contributed by atoms with Gasteiger partial charge in [-0.2, -0.15) is 5.10 Å². The molecule has 0 saturated carbocycles. The van der Waals surface area contributed by atoms with Crippen LogP contribution in [0.1, 0.15) is 26.3 Å². The lowest BCUT2D eigenvalue weighted by Crippen LogP contribution is -2.31. The molecule has 0 heterocycles. The number of nitrogens with one attached hydrogen (secondary N) is 2. The normalized spacial score (nSPS) is 10.5. The first kappa shape index (κ1) is 17.7. The number of ether oxygens (including phenoxy) is 2. The van der Waals surface area contributed by atoms with E-state index in [2.05, 4.69) is 31.8 Å². The van der Waals surface area contributed by atoms with Crippen molar-refractivity contribution in [3.05, 3.63) is 22.2 Å². The average molecular weight is 374 g/mol. The Labute approximate surface area is 139 Å². The summed E-state index contributed by atoms with van der Waals surface area (Å²) in [5.74, 6) is 1.39. The maximum absolute atomic E-state index is 5.60. The van der Waals surface area contributed by atoms with Crippen molar-refractivity contribution in [1.29, 1.82) is 0 Å². The highest BCUT2D eigenvalue weighted by Crippen LogP contribution is 2.36. The zero-order valence-electron chi connectivity index (χ0n) is 12.4. The molecule has 2 N–H and O–H groups in total. The molecule has 0 aliphatic rings. The fraction of sp³-hybridized carbons (Fsp3) is 0.429. The monoisotopic (exact) mass is 373 g/mol. The molecule has 0 bridgehead atoms.